The molecule has 0 saturated carbocycles. The molecule has 1 N–H and O–H groups in total. The Labute approximate surface area is 336 Å². The number of nitrogens with zero attached hydrogens (tertiary/aromatic N) is 13. The first-order valence-corrected chi connectivity index (χ1v) is 19.8. The smallest absolute Gasteiger partial charge is 0.225 e. The minimum Gasteiger partial charge on any atom is -0.354 e. The van der Waals surface area contributed by atoms with Crippen molar-refractivity contribution >= 4 is 61.0 Å². The summed E-state index contributed by atoms with van der Waals surface area (Å²) in [6.07, 6.45) is 11.3. The summed E-state index contributed by atoms with van der Waals surface area (Å²) in [4.78, 5) is 44.3. The highest BCUT2D eigenvalue weighted by atomic mass is 32.1. The Bertz CT molecular complexity index is 2580. The van der Waals surface area contributed by atoms with Gasteiger partial charge in [0.05, 0.1) is 44.0 Å². The van der Waals surface area contributed by atoms with E-state index in [4.69, 9.17) is 4.98 Å². The lowest BCUT2D eigenvalue weighted by Crippen LogP contribution is -2.47. The Hall–Kier alpha value is -7.01. The molecule has 1 aliphatic heterocycles. The van der Waals surface area contributed by atoms with E-state index in [1.807, 2.05) is 72.9 Å². The van der Waals surface area contributed by atoms with Gasteiger partial charge in [-0.3, -0.25) is 4.98 Å². The fourth-order valence-electron chi connectivity index (χ4n) is 6.24. The summed E-state index contributed by atoms with van der Waals surface area (Å²) in [5.41, 5.74) is 4.28. The van der Waals surface area contributed by atoms with Gasteiger partial charge in [-0.25, -0.2) is 39.9 Å². The van der Waals surface area contributed by atoms with Crippen LogP contribution in [0.2, 0.25) is 0 Å². The minimum absolute atomic E-state index is 0.510. The molecule has 14 nitrogen and oxygen atoms in total. The average molecular weight is 787 g/mol. The lowest BCUT2D eigenvalue weighted by Gasteiger charge is -2.34. The summed E-state index contributed by atoms with van der Waals surface area (Å²) in [7, 11) is 0. The van der Waals surface area contributed by atoms with Crippen LogP contribution in [0.5, 0.6) is 0 Å². The van der Waals surface area contributed by atoms with Crippen LogP contribution >= 0.6 is 22.7 Å². The Kier molecular flexibility index (Phi) is 11.4. The number of nitrogens with one attached hydrogen (secondary N) is 1. The number of rotatable bonds is 10. The number of hydrogen-bond donors (Lipinski definition) is 1. The molecule has 2 atom stereocenters. The largest absolute Gasteiger partial charge is 0.354 e. The molecule has 0 radical (unpaired) electrons. The molecule has 1 aliphatic rings. The number of pyridine rings is 1. The van der Waals surface area contributed by atoms with Gasteiger partial charge in [0.15, 0.2) is 0 Å². The zero-order valence-corrected chi connectivity index (χ0v) is 32.1. The molecule has 16 heteroatoms. The fourth-order valence-corrected chi connectivity index (χ4v) is 8.29. The van der Waals surface area contributed by atoms with Gasteiger partial charge in [-0.2, -0.15) is 10.5 Å². The van der Waals surface area contributed by atoms with E-state index in [2.05, 4.69) is 67.1 Å². The maximum absolute atomic E-state index is 9.84. The normalized spacial score (nSPS) is 13.6. The second-order valence-corrected chi connectivity index (χ2v) is 14.9. The first-order valence-electron chi connectivity index (χ1n) is 18.2. The number of anilines is 3. The van der Waals surface area contributed by atoms with Crippen LogP contribution in [0.15, 0.2) is 116 Å². The highest BCUT2D eigenvalue weighted by molar-refractivity contribution is 7.19. The van der Waals surface area contributed by atoms with Crippen molar-refractivity contribution in [3.8, 4) is 12.1 Å². The molecule has 7 heterocycles. The van der Waals surface area contributed by atoms with Crippen LogP contribution in [-0.4, -0.2) is 77.6 Å². The second kappa shape index (κ2) is 17.6. The standard InChI is InChI=1S/C21H18N8S.C20H16N6S/c22-14-15(19-26-17-4-1-2-5-18(17)30-19)16-6-9-25-21(27-16)29-12-10-28(11-13-29)20-23-7-3-8-24-20;21-12-15(19-25-17-5-1-2-6-18(17)27-19)16-8-11-24-20(26-16)23-10-7-14-4-3-9-22-13-14/h1-9,15H,10-13H2;1-6,8-9,11,13,15H,7,10H2,(H,23,24,26). The van der Waals surface area contributed by atoms with Crippen molar-refractivity contribution in [3.63, 3.8) is 0 Å². The van der Waals surface area contributed by atoms with Gasteiger partial charge < -0.3 is 15.1 Å². The van der Waals surface area contributed by atoms with Gasteiger partial charge in [-0.15, -0.1) is 22.7 Å². The van der Waals surface area contributed by atoms with Gasteiger partial charge >= 0.3 is 0 Å². The number of fused-ring (bicyclic) bond motifs is 2. The molecule has 280 valence electrons. The van der Waals surface area contributed by atoms with E-state index in [1.165, 1.54) is 22.7 Å². The maximum atomic E-state index is 9.84. The number of nitriles is 2. The van der Waals surface area contributed by atoms with Crippen molar-refractivity contribution in [1.29, 1.82) is 10.5 Å². The van der Waals surface area contributed by atoms with Crippen LogP contribution in [0.1, 0.15) is 38.8 Å². The van der Waals surface area contributed by atoms with Crippen molar-refractivity contribution in [3.05, 3.63) is 143 Å². The third-order valence-corrected chi connectivity index (χ3v) is 11.3. The summed E-state index contributed by atoms with van der Waals surface area (Å²) in [6.45, 7) is 3.79. The maximum Gasteiger partial charge on any atom is 0.225 e. The number of aromatic nitrogens is 9. The lowest BCUT2D eigenvalue weighted by atomic mass is 10.1. The number of thiazole rings is 2. The molecule has 1 fully saturated rings. The number of para-hydroxylation sites is 2. The van der Waals surface area contributed by atoms with Crippen molar-refractivity contribution in [2.24, 2.45) is 0 Å². The number of piperazine rings is 1. The van der Waals surface area contributed by atoms with Crippen molar-refractivity contribution in [1.82, 2.24) is 44.9 Å². The van der Waals surface area contributed by atoms with E-state index in [1.54, 1.807) is 43.1 Å². The number of benzene rings is 2. The topological polar surface area (TPSA) is 182 Å². The van der Waals surface area contributed by atoms with Crippen LogP contribution in [0.4, 0.5) is 17.8 Å². The Morgan fingerprint density at radius 1 is 0.596 bits per heavy atom. The van der Waals surface area contributed by atoms with Crippen LogP contribution < -0.4 is 15.1 Å². The van der Waals surface area contributed by atoms with Crippen molar-refractivity contribution in [2.75, 3.05) is 47.8 Å². The Balaban J connectivity index is 0.000000161. The predicted octanol–water partition coefficient (Wildman–Crippen LogP) is 6.65. The number of hydrogen-bond acceptors (Lipinski definition) is 16. The molecule has 0 bridgehead atoms. The van der Waals surface area contributed by atoms with E-state index in [0.717, 1.165) is 74.6 Å². The summed E-state index contributed by atoms with van der Waals surface area (Å²) >= 11 is 3.06. The SMILES string of the molecule is N#CC(c1ccnc(N2CCN(c3ncccn3)CC2)n1)c1nc2ccccc2s1.N#CC(c1ccnc(NCCc2cccnc2)n1)c1nc2ccccc2s1. The minimum atomic E-state index is -0.511. The van der Waals surface area contributed by atoms with E-state index in [9.17, 15) is 10.5 Å². The summed E-state index contributed by atoms with van der Waals surface area (Å²) in [5.74, 6) is 0.875. The zero-order chi connectivity index (χ0) is 38.8. The van der Waals surface area contributed by atoms with Crippen LogP contribution in [0.3, 0.4) is 0 Å². The third-order valence-electron chi connectivity index (χ3n) is 9.12. The Morgan fingerprint density at radius 3 is 1.77 bits per heavy atom. The van der Waals surface area contributed by atoms with E-state index < -0.39 is 11.8 Å². The lowest BCUT2D eigenvalue weighted by molar-refractivity contribution is 0.626. The van der Waals surface area contributed by atoms with E-state index >= 15 is 0 Å². The summed E-state index contributed by atoms with van der Waals surface area (Å²) < 4.78 is 2.14. The molecular formula is C41H34N14S2. The van der Waals surface area contributed by atoms with Crippen molar-refractivity contribution in [2.45, 2.75) is 18.3 Å². The van der Waals surface area contributed by atoms with E-state index in [-0.39, 0.29) is 0 Å². The molecule has 0 aliphatic carbocycles. The average Bonchev–Trinajstić information content (AvgIpc) is 3.90. The highest BCUT2D eigenvalue weighted by Gasteiger charge is 2.24. The zero-order valence-electron chi connectivity index (χ0n) is 30.5. The Morgan fingerprint density at radius 2 is 1.18 bits per heavy atom. The molecule has 0 spiro atoms. The summed E-state index contributed by atoms with van der Waals surface area (Å²) in [5, 5.41) is 24.3. The van der Waals surface area contributed by atoms with Crippen LogP contribution in [0.25, 0.3) is 20.4 Å². The quantitative estimate of drug-likeness (QED) is 0.156. The van der Waals surface area contributed by atoms with Crippen LogP contribution in [-0.2, 0) is 6.42 Å². The molecule has 8 aromatic rings. The van der Waals surface area contributed by atoms with E-state index in [0.29, 0.717) is 29.8 Å². The highest BCUT2D eigenvalue weighted by Crippen LogP contribution is 2.32. The molecule has 2 unspecified atom stereocenters. The molecule has 6 aromatic heterocycles. The molecule has 57 heavy (non-hydrogen) atoms. The van der Waals surface area contributed by atoms with Gasteiger partial charge in [-0.1, -0.05) is 30.3 Å². The monoisotopic (exact) mass is 786 g/mol. The molecular weight excluding hydrogens is 753 g/mol. The first kappa shape index (κ1) is 36.9. The molecule has 1 saturated heterocycles. The van der Waals surface area contributed by atoms with Crippen LogP contribution in [0, 0.1) is 22.7 Å². The van der Waals surface area contributed by atoms with Gasteiger partial charge in [0.25, 0.3) is 0 Å². The summed E-state index contributed by atoms with van der Waals surface area (Å²) in [6, 6.07) is 29.8. The van der Waals surface area contributed by atoms with Gasteiger partial charge in [0.1, 0.15) is 21.9 Å². The molecule has 9 rings (SSSR count). The predicted molar refractivity (Wildman–Crippen MR) is 221 cm³/mol. The second-order valence-electron chi connectivity index (χ2n) is 12.8. The fraction of sp³-hybridized carbons (Fsp3) is 0.195. The van der Waals surface area contributed by atoms with Crippen molar-refractivity contribution < 1.29 is 0 Å². The molecule has 2 aromatic carbocycles. The molecule has 0 amide bonds. The third kappa shape index (κ3) is 8.78. The van der Waals surface area contributed by atoms with Gasteiger partial charge in [-0.05, 0) is 60.5 Å². The first-order chi connectivity index (χ1) is 28.1. The van der Waals surface area contributed by atoms with Gasteiger partial charge in [0.2, 0.25) is 17.8 Å². The van der Waals surface area contributed by atoms with Gasteiger partial charge in [0, 0.05) is 69.9 Å².